The Morgan fingerprint density at radius 1 is 1.27 bits per heavy atom. The predicted octanol–water partition coefficient (Wildman–Crippen LogP) is 2.25. The maximum absolute atomic E-state index is 3.63. The molecule has 2 unspecified atom stereocenters. The van der Waals surface area contributed by atoms with E-state index in [0.29, 0.717) is 0 Å². The first-order valence-corrected chi connectivity index (χ1v) is 6.69. The van der Waals surface area contributed by atoms with Gasteiger partial charge in [0.1, 0.15) is 0 Å². The Bertz CT molecular complexity index is 187. The van der Waals surface area contributed by atoms with Gasteiger partial charge in [0, 0.05) is 12.1 Å². The van der Waals surface area contributed by atoms with Crippen LogP contribution in [0.1, 0.15) is 45.4 Å². The Kier molecular flexibility index (Phi) is 4.04. The molecule has 15 heavy (non-hydrogen) atoms. The largest absolute Gasteiger partial charge is 0.314 e. The average Bonchev–Trinajstić information content (AvgIpc) is 2.84. The highest BCUT2D eigenvalue weighted by molar-refractivity contribution is 4.81. The molecule has 1 aliphatic carbocycles. The molecule has 2 nitrogen and oxygen atoms in total. The Balaban J connectivity index is 1.64. The summed E-state index contributed by atoms with van der Waals surface area (Å²) >= 11 is 0. The molecule has 1 heterocycles. The molecule has 0 spiro atoms. The molecule has 0 aromatic rings. The van der Waals surface area contributed by atoms with Crippen molar-refractivity contribution in [2.45, 2.75) is 57.5 Å². The van der Waals surface area contributed by atoms with Crippen LogP contribution >= 0.6 is 0 Å². The molecule has 1 aliphatic heterocycles. The van der Waals surface area contributed by atoms with Crippen molar-refractivity contribution < 1.29 is 0 Å². The van der Waals surface area contributed by atoms with Crippen molar-refractivity contribution in [1.82, 2.24) is 10.2 Å². The summed E-state index contributed by atoms with van der Waals surface area (Å²) in [6.45, 7) is 4.88. The molecule has 88 valence electrons. The third-order valence-corrected chi connectivity index (χ3v) is 4.22. The number of nitrogens with zero attached hydrogens (tertiary/aromatic N) is 1. The Morgan fingerprint density at radius 3 is 2.60 bits per heavy atom. The highest BCUT2D eigenvalue weighted by atomic mass is 15.1. The maximum atomic E-state index is 3.63. The van der Waals surface area contributed by atoms with Crippen LogP contribution < -0.4 is 5.32 Å². The van der Waals surface area contributed by atoms with Crippen LogP contribution in [0.3, 0.4) is 0 Å². The zero-order chi connectivity index (χ0) is 10.7. The van der Waals surface area contributed by atoms with E-state index in [-0.39, 0.29) is 0 Å². The lowest BCUT2D eigenvalue weighted by molar-refractivity contribution is 0.234. The summed E-state index contributed by atoms with van der Waals surface area (Å²) in [5.41, 5.74) is 0. The lowest BCUT2D eigenvalue weighted by atomic mass is 10.1. The normalized spacial score (nSPS) is 33.0. The van der Waals surface area contributed by atoms with E-state index in [4.69, 9.17) is 0 Å². The van der Waals surface area contributed by atoms with Gasteiger partial charge in [0.25, 0.3) is 0 Å². The molecular formula is C13H26N2. The minimum atomic E-state index is 0.795. The van der Waals surface area contributed by atoms with Crippen molar-refractivity contribution in [2.75, 3.05) is 20.1 Å². The number of nitrogens with one attached hydrogen (secondary N) is 1. The summed E-state index contributed by atoms with van der Waals surface area (Å²) in [6, 6.07) is 1.69. The van der Waals surface area contributed by atoms with Crippen LogP contribution in [0.15, 0.2) is 0 Å². The van der Waals surface area contributed by atoms with Crippen molar-refractivity contribution in [2.24, 2.45) is 5.92 Å². The van der Waals surface area contributed by atoms with Crippen LogP contribution in [0.4, 0.5) is 0 Å². The summed E-state index contributed by atoms with van der Waals surface area (Å²) in [6.07, 6.45) is 8.51. The Labute approximate surface area is 94.4 Å². The second-order valence-electron chi connectivity index (χ2n) is 5.65. The first-order valence-electron chi connectivity index (χ1n) is 6.69. The van der Waals surface area contributed by atoms with Crippen molar-refractivity contribution in [1.29, 1.82) is 0 Å². The first kappa shape index (κ1) is 11.4. The minimum Gasteiger partial charge on any atom is -0.314 e. The zero-order valence-corrected chi connectivity index (χ0v) is 10.3. The van der Waals surface area contributed by atoms with E-state index >= 15 is 0 Å². The summed E-state index contributed by atoms with van der Waals surface area (Å²) in [4.78, 5) is 2.59. The molecule has 1 saturated carbocycles. The molecule has 2 heteroatoms. The van der Waals surface area contributed by atoms with E-state index in [1.807, 2.05) is 0 Å². The minimum absolute atomic E-state index is 0.795. The molecule has 2 atom stereocenters. The Morgan fingerprint density at radius 2 is 2.00 bits per heavy atom. The van der Waals surface area contributed by atoms with Gasteiger partial charge in [0.2, 0.25) is 0 Å². The monoisotopic (exact) mass is 210 g/mol. The van der Waals surface area contributed by atoms with Crippen LogP contribution in [0, 0.1) is 5.92 Å². The van der Waals surface area contributed by atoms with E-state index in [2.05, 4.69) is 24.2 Å². The Hall–Kier alpha value is -0.0800. The van der Waals surface area contributed by atoms with Gasteiger partial charge in [0.15, 0.2) is 0 Å². The van der Waals surface area contributed by atoms with Gasteiger partial charge in [-0.3, -0.25) is 0 Å². The fourth-order valence-electron chi connectivity index (χ4n) is 3.13. The topological polar surface area (TPSA) is 15.3 Å². The van der Waals surface area contributed by atoms with Crippen molar-refractivity contribution in [3.8, 4) is 0 Å². The number of rotatable bonds is 4. The van der Waals surface area contributed by atoms with Gasteiger partial charge in [-0.1, -0.05) is 19.8 Å². The highest BCUT2D eigenvalue weighted by Crippen LogP contribution is 2.23. The van der Waals surface area contributed by atoms with Crippen molar-refractivity contribution >= 4 is 0 Å². The second-order valence-corrected chi connectivity index (χ2v) is 5.65. The average molecular weight is 210 g/mol. The molecular weight excluding hydrogens is 184 g/mol. The molecule has 0 amide bonds. The van der Waals surface area contributed by atoms with Gasteiger partial charge in [0.05, 0.1) is 0 Å². The molecule has 1 saturated heterocycles. The molecule has 2 fully saturated rings. The fourth-order valence-corrected chi connectivity index (χ4v) is 3.13. The molecule has 1 N–H and O–H groups in total. The van der Waals surface area contributed by atoms with Gasteiger partial charge >= 0.3 is 0 Å². The van der Waals surface area contributed by atoms with E-state index in [1.165, 1.54) is 51.6 Å². The molecule has 0 bridgehead atoms. The quantitative estimate of drug-likeness (QED) is 0.765. The standard InChI is InChI=1S/C13H26N2/c1-11-9-12(14-10-11)7-8-15(2)13-5-3-4-6-13/h11-14H,3-10H2,1-2H3. The lowest BCUT2D eigenvalue weighted by Crippen LogP contribution is -2.33. The molecule has 2 aliphatic rings. The molecule has 2 rings (SSSR count). The summed E-state index contributed by atoms with van der Waals surface area (Å²) < 4.78 is 0. The second kappa shape index (κ2) is 5.31. The molecule has 0 aromatic carbocycles. The van der Waals surface area contributed by atoms with Crippen molar-refractivity contribution in [3.05, 3.63) is 0 Å². The van der Waals surface area contributed by atoms with E-state index in [9.17, 15) is 0 Å². The van der Waals surface area contributed by atoms with Crippen LogP contribution in [0.25, 0.3) is 0 Å². The SMILES string of the molecule is CC1CNC(CCN(C)C2CCCC2)C1. The van der Waals surface area contributed by atoms with Gasteiger partial charge in [-0.2, -0.15) is 0 Å². The first-order chi connectivity index (χ1) is 7.25. The van der Waals surface area contributed by atoms with E-state index < -0.39 is 0 Å². The van der Waals surface area contributed by atoms with Gasteiger partial charge < -0.3 is 10.2 Å². The van der Waals surface area contributed by atoms with Crippen LogP contribution in [0.5, 0.6) is 0 Å². The number of hydrogen-bond donors (Lipinski definition) is 1. The van der Waals surface area contributed by atoms with Gasteiger partial charge in [-0.15, -0.1) is 0 Å². The molecule has 0 aromatic heterocycles. The third-order valence-electron chi connectivity index (χ3n) is 4.22. The van der Waals surface area contributed by atoms with Gasteiger partial charge in [-0.05, 0) is 51.7 Å². The van der Waals surface area contributed by atoms with E-state index in [0.717, 1.165) is 18.0 Å². The summed E-state index contributed by atoms with van der Waals surface area (Å²) in [5.74, 6) is 0.895. The van der Waals surface area contributed by atoms with Crippen molar-refractivity contribution in [3.63, 3.8) is 0 Å². The smallest absolute Gasteiger partial charge is 0.00922 e. The zero-order valence-electron chi connectivity index (χ0n) is 10.3. The fraction of sp³-hybridized carbons (Fsp3) is 1.00. The lowest BCUT2D eigenvalue weighted by Gasteiger charge is -2.25. The predicted molar refractivity (Wildman–Crippen MR) is 65.1 cm³/mol. The number of hydrogen-bond acceptors (Lipinski definition) is 2. The maximum Gasteiger partial charge on any atom is 0.00922 e. The van der Waals surface area contributed by atoms with E-state index in [1.54, 1.807) is 0 Å². The molecule has 0 radical (unpaired) electrons. The summed E-state index contributed by atoms with van der Waals surface area (Å²) in [7, 11) is 2.31. The summed E-state index contributed by atoms with van der Waals surface area (Å²) in [5, 5.41) is 3.63. The van der Waals surface area contributed by atoms with Crippen LogP contribution in [-0.2, 0) is 0 Å². The van der Waals surface area contributed by atoms with Crippen LogP contribution in [-0.4, -0.2) is 37.1 Å². The highest BCUT2D eigenvalue weighted by Gasteiger charge is 2.23. The van der Waals surface area contributed by atoms with Crippen LogP contribution in [0.2, 0.25) is 0 Å². The van der Waals surface area contributed by atoms with Gasteiger partial charge in [-0.25, -0.2) is 0 Å². The third kappa shape index (κ3) is 3.18.